The van der Waals surface area contributed by atoms with Gasteiger partial charge in [-0.1, -0.05) is 24.2 Å². The van der Waals surface area contributed by atoms with Gasteiger partial charge in [-0.25, -0.2) is 0 Å². The molecular weight excluding hydrogens is 446 g/mol. The average molecular weight is 480 g/mol. The molecule has 0 atom stereocenters. The third-order valence-corrected chi connectivity index (χ3v) is 6.52. The summed E-state index contributed by atoms with van der Waals surface area (Å²) in [5.41, 5.74) is 2.25. The average Bonchev–Trinajstić information content (AvgIpc) is 3.37. The van der Waals surface area contributed by atoms with Crippen LogP contribution < -0.4 is 9.64 Å². The van der Waals surface area contributed by atoms with E-state index < -0.39 is 4.92 Å². The lowest BCUT2D eigenvalue weighted by Gasteiger charge is -2.36. The molecule has 35 heavy (non-hydrogen) atoms. The second-order valence-electron chi connectivity index (χ2n) is 8.70. The van der Waals surface area contributed by atoms with Crippen LogP contribution in [-0.4, -0.2) is 72.8 Å². The van der Waals surface area contributed by atoms with Crippen LogP contribution >= 0.6 is 0 Å². The van der Waals surface area contributed by atoms with Crippen molar-refractivity contribution in [2.45, 2.75) is 19.9 Å². The van der Waals surface area contributed by atoms with Crippen molar-refractivity contribution in [2.24, 2.45) is 0 Å². The molecule has 0 aliphatic carbocycles. The maximum Gasteiger partial charge on any atom is 0.278 e. The number of aromatic nitrogens is 1. The van der Waals surface area contributed by atoms with Crippen LogP contribution in [0.15, 0.2) is 59.1 Å². The highest BCUT2D eigenvalue weighted by Gasteiger charge is 2.20. The summed E-state index contributed by atoms with van der Waals surface area (Å²) in [6.45, 7) is 9.84. The molecular formula is C26H33N5O4. The third-order valence-electron chi connectivity index (χ3n) is 6.52. The van der Waals surface area contributed by atoms with E-state index in [4.69, 9.17) is 9.26 Å². The molecule has 0 radical (unpaired) electrons. The van der Waals surface area contributed by atoms with Gasteiger partial charge in [0.15, 0.2) is 5.76 Å². The van der Waals surface area contributed by atoms with E-state index in [1.807, 2.05) is 18.2 Å². The zero-order chi connectivity index (χ0) is 24.6. The molecule has 2 heterocycles. The van der Waals surface area contributed by atoms with Crippen LogP contribution in [0.4, 0.5) is 11.4 Å². The first-order valence-electron chi connectivity index (χ1n) is 12.1. The Morgan fingerprint density at radius 2 is 1.86 bits per heavy atom. The minimum absolute atomic E-state index is 0.0341. The van der Waals surface area contributed by atoms with Crippen LogP contribution in [0.5, 0.6) is 5.75 Å². The fraction of sp³-hybridized carbons (Fsp3) is 0.423. The van der Waals surface area contributed by atoms with Gasteiger partial charge in [-0.05, 0) is 56.4 Å². The molecule has 1 saturated heterocycles. The molecule has 1 aromatic heterocycles. The van der Waals surface area contributed by atoms with Crippen molar-refractivity contribution >= 4 is 11.4 Å². The lowest BCUT2D eigenvalue weighted by Crippen LogP contribution is -2.47. The van der Waals surface area contributed by atoms with E-state index in [2.05, 4.69) is 38.9 Å². The van der Waals surface area contributed by atoms with Gasteiger partial charge in [0, 0.05) is 44.0 Å². The second kappa shape index (κ2) is 11.8. The quantitative estimate of drug-likeness (QED) is 0.297. The summed E-state index contributed by atoms with van der Waals surface area (Å²) in [6, 6.07) is 16.7. The number of methoxy groups -OCH3 is 1. The van der Waals surface area contributed by atoms with Crippen LogP contribution in [0.1, 0.15) is 19.1 Å². The topological polar surface area (TPSA) is 88.1 Å². The van der Waals surface area contributed by atoms with Crippen molar-refractivity contribution in [2.75, 3.05) is 57.8 Å². The molecule has 1 fully saturated rings. The summed E-state index contributed by atoms with van der Waals surface area (Å²) < 4.78 is 10.8. The fourth-order valence-electron chi connectivity index (χ4n) is 4.47. The Labute approximate surface area is 206 Å². The molecule has 0 spiro atoms. The monoisotopic (exact) mass is 479 g/mol. The van der Waals surface area contributed by atoms with Gasteiger partial charge in [-0.2, -0.15) is 0 Å². The SMILES string of the molecule is CCN(CCCN1CCN(c2ccc(OC)cc2)CC1)Cc1cc(-c2ccccc2[N+](=O)[O-])no1. The van der Waals surface area contributed by atoms with Crippen molar-refractivity contribution in [1.82, 2.24) is 15.0 Å². The largest absolute Gasteiger partial charge is 0.497 e. The third kappa shape index (κ3) is 6.37. The van der Waals surface area contributed by atoms with Crippen LogP contribution in [0.3, 0.4) is 0 Å². The Morgan fingerprint density at radius 3 is 2.54 bits per heavy atom. The van der Waals surface area contributed by atoms with Gasteiger partial charge in [0.2, 0.25) is 0 Å². The van der Waals surface area contributed by atoms with Crippen molar-refractivity contribution < 1.29 is 14.2 Å². The molecule has 3 aromatic rings. The standard InChI is InChI=1S/C26H33N5O4/c1-3-28(20-23-19-25(27-35-23)24-7-4-5-8-26(24)31(32)33)13-6-14-29-15-17-30(18-16-29)21-9-11-22(34-2)12-10-21/h4-5,7-12,19H,3,6,13-18,20H2,1-2H3. The van der Waals surface area contributed by atoms with E-state index in [1.165, 1.54) is 11.8 Å². The first kappa shape index (κ1) is 24.7. The summed E-state index contributed by atoms with van der Waals surface area (Å²) in [5, 5.41) is 15.4. The molecule has 0 bridgehead atoms. The van der Waals surface area contributed by atoms with Gasteiger partial charge in [-0.3, -0.25) is 19.9 Å². The molecule has 186 valence electrons. The highest BCUT2D eigenvalue weighted by Crippen LogP contribution is 2.29. The lowest BCUT2D eigenvalue weighted by molar-refractivity contribution is -0.384. The minimum atomic E-state index is -0.390. The first-order chi connectivity index (χ1) is 17.1. The van der Waals surface area contributed by atoms with Gasteiger partial charge in [-0.15, -0.1) is 0 Å². The van der Waals surface area contributed by atoms with Crippen LogP contribution in [0, 0.1) is 10.1 Å². The maximum absolute atomic E-state index is 11.3. The molecule has 2 aromatic carbocycles. The number of rotatable bonds is 11. The van der Waals surface area contributed by atoms with Gasteiger partial charge in [0.25, 0.3) is 5.69 Å². The number of benzene rings is 2. The molecule has 0 amide bonds. The number of nitro benzene ring substituents is 1. The van der Waals surface area contributed by atoms with Gasteiger partial charge in [0.1, 0.15) is 11.4 Å². The summed E-state index contributed by atoms with van der Waals surface area (Å²) in [5.74, 6) is 1.60. The maximum atomic E-state index is 11.3. The Kier molecular flexibility index (Phi) is 8.33. The normalized spacial score (nSPS) is 14.4. The van der Waals surface area contributed by atoms with E-state index in [-0.39, 0.29) is 5.69 Å². The molecule has 0 N–H and O–H groups in total. The molecule has 9 nitrogen and oxygen atoms in total. The lowest BCUT2D eigenvalue weighted by atomic mass is 10.1. The second-order valence-corrected chi connectivity index (χ2v) is 8.70. The molecule has 1 aliphatic heterocycles. The van der Waals surface area contributed by atoms with Crippen LogP contribution in [-0.2, 0) is 6.54 Å². The van der Waals surface area contributed by atoms with E-state index in [1.54, 1.807) is 25.3 Å². The summed E-state index contributed by atoms with van der Waals surface area (Å²) in [4.78, 5) is 18.2. The highest BCUT2D eigenvalue weighted by atomic mass is 16.6. The van der Waals surface area contributed by atoms with E-state index in [0.29, 0.717) is 23.6 Å². The summed E-state index contributed by atoms with van der Waals surface area (Å²) in [6.07, 6.45) is 1.07. The smallest absolute Gasteiger partial charge is 0.278 e. The Morgan fingerprint density at radius 1 is 1.11 bits per heavy atom. The zero-order valence-corrected chi connectivity index (χ0v) is 20.4. The number of nitro groups is 1. The number of para-hydroxylation sites is 1. The Hall–Kier alpha value is -3.43. The predicted molar refractivity (Wildman–Crippen MR) is 136 cm³/mol. The fourth-order valence-corrected chi connectivity index (χ4v) is 4.47. The number of anilines is 1. The van der Waals surface area contributed by atoms with Crippen LogP contribution in [0.2, 0.25) is 0 Å². The predicted octanol–water partition coefficient (Wildman–Crippen LogP) is 4.29. The summed E-state index contributed by atoms with van der Waals surface area (Å²) in [7, 11) is 1.69. The molecule has 9 heteroatoms. The highest BCUT2D eigenvalue weighted by molar-refractivity contribution is 5.70. The Bertz CT molecular complexity index is 1090. The van der Waals surface area contributed by atoms with Gasteiger partial charge in [0.05, 0.1) is 24.1 Å². The number of hydrogen-bond acceptors (Lipinski definition) is 8. The number of piperazine rings is 1. The van der Waals surface area contributed by atoms with Crippen molar-refractivity contribution in [1.29, 1.82) is 0 Å². The van der Waals surface area contributed by atoms with E-state index in [0.717, 1.165) is 58.0 Å². The van der Waals surface area contributed by atoms with Crippen LogP contribution in [0.25, 0.3) is 11.3 Å². The molecule has 0 unspecified atom stereocenters. The molecule has 0 saturated carbocycles. The molecule has 1 aliphatic rings. The zero-order valence-electron chi connectivity index (χ0n) is 20.4. The van der Waals surface area contributed by atoms with Crippen molar-refractivity contribution in [3.05, 3.63) is 70.5 Å². The van der Waals surface area contributed by atoms with Gasteiger partial charge >= 0.3 is 0 Å². The number of ether oxygens (including phenoxy) is 1. The minimum Gasteiger partial charge on any atom is -0.497 e. The Balaban J connectivity index is 1.23. The summed E-state index contributed by atoms with van der Waals surface area (Å²) >= 11 is 0. The van der Waals surface area contributed by atoms with Gasteiger partial charge < -0.3 is 14.2 Å². The van der Waals surface area contributed by atoms with Crippen molar-refractivity contribution in [3.63, 3.8) is 0 Å². The van der Waals surface area contributed by atoms with Crippen molar-refractivity contribution in [3.8, 4) is 17.0 Å². The number of nitrogens with zero attached hydrogens (tertiary/aromatic N) is 5. The first-order valence-corrected chi connectivity index (χ1v) is 12.1. The van der Waals surface area contributed by atoms with E-state index >= 15 is 0 Å². The molecule has 4 rings (SSSR count). The van der Waals surface area contributed by atoms with E-state index in [9.17, 15) is 10.1 Å². The number of hydrogen-bond donors (Lipinski definition) is 0.